The van der Waals surface area contributed by atoms with E-state index in [-0.39, 0.29) is 5.91 Å². The van der Waals surface area contributed by atoms with Crippen LogP contribution in [0.1, 0.15) is 54.0 Å². The van der Waals surface area contributed by atoms with E-state index in [1.165, 1.54) is 0 Å². The Balaban J connectivity index is 1.12. The van der Waals surface area contributed by atoms with Crippen LogP contribution in [0.2, 0.25) is 5.02 Å². The Kier molecular flexibility index (Phi) is 10.3. The zero-order valence-electron chi connectivity index (χ0n) is 30.5. The first kappa shape index (κ1) is 35.6. The van der Waals surface area contributed by atoms with E-state index in [1.807, 2.05) is 103 Å². The average molecular weight is 739 g/mol. The molecule has 1 aromatic heterocycles. The number of carbonyl (C=O) groups is 1. The van der Waals surface area contributed by atoms with E-state index in [0.29, 0.717) is 23.1 Å². The third-order valence-electron chi connectivity index (χ3n) is 9.99. The molecule has 0 N–H and O–H groups in total. The fourth-order valence-electron chi connectivity index (χ4n) is 7.29. The Bertz CT molecular complexity index is 2380. The molecule has 7 aromatic rings. The van der Waals surface area contributed by atoms with Gasteiger partial charge < -0.3 is 0 Å². The molecule has 1 aliphatic rings. The summed E-state index contributed by atoms with van der Waals surface area (Å²) < 4.78 is 0. The number of aromatic nitrogens is 4. The number of benzene rings is 6. The van der Waals surface area contributed by atoms with Crippen LogP contribution in [0.5, 0.6) is 0 Å². The quantitative estimate of drug-likeness (QED) is 0.0924. The van der Waals surface area contributed by atoms with Crippen LogP contribution < -0.4 is 0 Å². The lowest BCUT2D eigenvalue weighted by Crippen LogP contribution is -2.39. The zero-order valence-corrected chi connectivity index (χ0v) is 31.2. The molecule has 0 bridgehead atoms. The molecule has 0 radical (unpaired) electrons. The minimum Gasteiger partial charge on any atom is -0.290 e. The molecule has 0 fully saturated rings. The molecule has 6 aromatic carbocycles. The van der Waals surface area contributed by atoms with E-state index in [2.05, 4.69) is 73.7 Å². The van der Waals surface area contributed by atoms with E-state index in [4.69, 9.17) is 32.0 Å². The number of unbranched alkanes of at least 4 members (excludes halogenated alkanes) is 1. The van der Waals surface area contributed by atoms with Crippen LogP contribution in [-0.4, -0.2) is 36.8 Å². The SMILES string of the molecule is CCCCC1=N/C(=C\c2cccc(Cl)c2)C(=O)N1Cc1ccc(-c2ccccc2-c2nnn(C(c3ccccc3)(c3ccccc3)c3ccccc3)n2)cc1. The Hall–Kier alpha value is -6.44. The highest BCUT2D eigenvalue weighted by Gasteiger charge is 2.41. The van der Waals surface area contributed by atoms with Gasteiger partial charge in [-0.3, -0.25) is 9.69 Å². The van der Waals surface area contributed by atoms with Crippen molar-refractivity contribution in [2.75, 3.05) is 0 Å². The Morgan fingerprint density at radius 2 is 1.29 bits per heavy atom. The zero-order chi connectivity index (χ0) is 37.6. The molecule has 0 saturated carbocycles. The van der Waals surface area contributed by atoms with E-state index in [9.17, 15) is 4.79 Å². The average Bonchev–Trinajstić information content (AvgIpc) is 3.83. The fraction of sp³-hybridized carbons (Fsp3) is 0.128. The summed E-state index contributed by atoms with van der Waals surface area (Å²) in [5, 5.41) is 15.3. The lowest BCUT2D eigenvalue weighted by atomic mass is 9.77. The van der Waals surface area contributed by atoms with Crippen molar-refractivity contribution in [3.8, 4) is 22.5 Å². The maximum Gasteiger partial charge on any atom is 0.278 e. The highest BCUT2D eigenvalue weighted by atomic mass is 35.5. The monoisotopic (exact) mass is 738 g/mol. The highest BCUT2D eigenvalue weighted by molar-refractivity contribution is 6.30. The minimum atomic E-state index is -0.874. The predicted octanol–water partition coefficient (Wildman–Crippen LogP) is 10.5. The van der Waals surface area contributed by atoms with Crippen molar-refractivity contribution in [1.29, 1.82) is 0 Å². The van der Waals surface area contributed by atoms with Crippen molar-refractivity contribution in [3.63, 3.8) is 0 Å². The van der Waals surface area contributed by atoms with Crippen LogP contribution in [0.25, 0.3) is 28.6 Å². The predicted molar refractivity (Wildman–Crippen MR) is 220 cm³/mol. The molecule has 7 nitrogen and oxygen atoms in total. The lowest BCUT2D eigenvalue weighted by Gasteiger charge is -2.34. The van der Waals surface area contributed by atoms with Crippen LogP contribution in [0, 0.1) is 0 Å². The molecule has 2 heterocycles. The second-order valence-electron chi connectivity index (χ2n) is 13.6. The molecule has 8 heteroatoms. The van der Waals surface area contributed by atoms with Crippen LogP contribution in [0.15, 0.2) is 174 Å². The third-order valence-corrected chi connectivity index (χ3v) is 10.2. The summed E-state index contributed by atoms with van der Waals surface area (Å²) in [6.45, 7) is 2.57. The Labute approximate surface area is 326 Å². The number of carbonyl (C=O) groups excluding carboxylic acids is 1. The normalized spacial score (nSPS) is 13.7. The molecule has 0 unspecified atom stereocenters. The van der Waals surface area contributed by atoms with E-state index in [1.54, 1.807) is 9.70 Å². The van der Waals surface area contributed by atoms with E-state index < -0.39 is 5.54 Å². The Morgan fingerprint density at radius 3 is 1.89 bits per heavy atom. The number of rotatable bonds is 12. The smallest absolute Gasteiger partial charge is 0.278 e. The summed E-state index contributed by atoms with van der Waals surface area (Å²) in [6, 6.07) is 54.9. The van der Waals surface area contributed by atoms with Crippen molar-refractivity contribution in [1.82, 2.24) is 25.1 Å². The Morgan fingerprint density at radius 1 is 0.691 bits per heavy atom. The van der Waals surface area contributed by atoms with Gasteiger partial charge >= 0.3 is 0 Å². The molecule has 1 amide bonds. The molecule has 0 atom stereocenters. The van der Waals surface area contributed by atoms with Gasteiger partial charge in [-0.15, -0.1) is 15.0 Å². The molecule has 0 spiro atoms. The number of amides is 1. The van der Waals surface area contributed by atoms with Gasteiger partial charge in [-0.25, -0.2) is 4.99 Å². The molecular weight excluding hydrogens is 700 g/mol. The topological polar surface area (TPSA) is 76.3 Å². The van der Waals surface area contributed by atoms with Gasteiger partial charge in [0, 0.05) is 17.0 Å². The summed E-state index contributed by atoms with van der Waals surface area (Å²) in [7, 11) is 0. The van der Waals surface area contributed by atoms with Gasteiger partial charge in [0.25, 0.3) is 5.91 Å². The summed E-state index contributed by atoms with van der Waals surface area (Å²) in [6.07, 6.45) is 4.50. The van der Waals surface area contributed by atoms with Crippen LogP contribution >= 0.6 is 11.6 Å². The number of hydrogen-bond donors (Lipinski definition) is 0. The van der Waals surface area contributed by atoms with Gasteiger partial charge in [-0.2, -0.15) is 0 Å². The van der Waals surface area contributed by atoms with Gasteiger partial charge in [0.1, 0.15) is 11.5 Å². The molecule has 0 aliphatic carbocycles. The number of tetrazole rings is 1. The number of nitrogens with zero attached hydrogens (tertiary/aromatic N) is 6. The number of halogens is 1. The molecule has 1 aliphatic heterocycles. The standard InChI is InChI=1S/C47H39ClN6O/c1-2-3-26-44-49-43(32-35-16-15-23-40(48)31-35)46(55)53(44)33-34-27-29-36(30-28-34)41-24-13-14-25-42(41)45-50-52-54(51-45)47(37-17-7-4-8-18-37,38-19-9-5-10-20-38)39-21-11-6-12-22-39/h4-25,27-32H,2-3,26,33H2,1H3/b43-32-. The van der Waals surface area contributed by atoms with Crippen molar-refractivity contribution >= 4 is 29.4 Å². The van der Waals surface area contributed by atoms with Gasteiger partial charge in [0.2, 0.25) is 5.82 Å². The maximum atomic E-state index is 13.7. The van der Waals surface area contributed by atoms with Gasteiger partial charge in [-0.1, -0.05) is 177 Å². The van der Waals surface area contributed by atoms with E-state index >= 15 is 0 Å². The van der Waals surface area contributed by atoms with Crippen LogP contribution in [-0.2, 0) is 16.9 Å². The second kappa shape index (κ2) is 15.9. The molecular formula is C47H39ClN6O. The summed E-state index contributed by atoms with van der Waals surface area (Å²) in [5.41, 5.74) is 7.31. The van der Waals surface area contributed by atoms with Crippen molar-refractivity contribution in [3.05, 3.63) is 202 Å². The molecule has 55 heavy (non-hydrogen) atoms. The minimum absolute atomic E-state index is 0.104. The van der Waals surface area contributed by atoms with Crippen LogP contribution in [0.3, 0.4) is 0 Å². The number of aliphatic imine (C=N–C) groups is 1. The molecule has 270 valence electrons. The largest absolute Gasteiger partial charge is 0.290 e. The molecule has 8 rings (SSSR count). The number of hydrogen-bond acceptors (Lipinski definition) is 5. The number of amidine groups is 1. The first-order valence-electron chi connectivity index (χ1n) is 18.6. The first-order chi connectivity index (χ1) is 27.0. The molecule has 0 saturated heterocycles. The van der Waals surface area contributed by atoms with Gasteiger partial charge in [0.05, 0.1) is 6.54 Å². The fourth-order valence-corrected chi connectivity index (χ4v) is 7.49. The highest BCUT2D eigenvalue weighted by Crippen LogP contribution is 2.40. The third kappa shape index (κ3) is 7.14. The van der Waals surface area contributed by atoms with Gasteiger partial charge in [0.15, 0.2) is 5.54 Å². The second-order valence-corrected chi connectivity index (χ2v) is 14.0. The van der Waals surface area contributed by atoms with Crippen molar-refractivity contribution in [2.24, 2.45) is 4.99 Å². The van der Waals surface area contributed by atoms with Gasteiger partial charge in [-0.05, 0) is 68.8 Å². The summed E-state index contributed by atoms with van der Waals surface area (Å²) >= 11 is 6.22. The van der Waals surface area contributed by atoms with Crippen molar-refractivity contribution in [2.45, 2.75) is 38.3 Å². The van der Waals surface area contributed by atoms with Crippen LogP contribution in [0.4, 0.5) is 0 Å². The van der Waals surface area contributed by atoms with E-state index in [0.717, 1.165) is 69.6 Å². The lowest BCUT2D eigenvalue weighted by molar-refractivity contribution is -0.123. The first-order valence-corrected chi connectivity index (χ1v) is 18.9. The van der Waals surface area contributed by atoms with Crippen molar-refractivity contribution < 1.29 is 4.79 Å². The maximum absolute atomic E-state index is 13.7. The summed E-state index contributed by atoms with van der Waals surface area (Å²) in [4.78, 5) is 22.0. The summed E-state index contributed by atoms with van der Waals surface area (Å²) in [5.74, 6) is 1.21.